The average molecular weight is 304 g/mol. The highest BCUT2D eigenvalue weighted by molar-refractivity contribution is 5.76. The summed E-state index contributed by atoms with van der Waals surface area (Å²) in [6.07, 6.45) is 1.25. The molecule has 0 saturated heterocycles. The normalized spacial score (nSPS) is 9.87. The standard InChI is InChI=1S/C17H9FN4O/c18-14-6-5-12(21-10-11(8-19)9-20)7-13(14)17-22-15-3-1-2-4-16(15)23-17/h1-7,10,21H. The molecule has 0 atom stereocenters. The van der Waals surface area contributed by atoms with E-state index in [1.807, 2.05) is 12.1 Å². The minimum absolute atomic E-state index is 0.0854. The lowest BCUT2D eigenvalue weighted by Gasteiger charge is -2.04. The van der Waals surface area contributed by atoms with E-state index in [0.717, 1.165) is 0 Å². The number of hydrogen-bond acceptors (Lipinski definition) is 5. The predicted octanol–water partition coefficient (Wildman–Crippen LogP) is 3.98. The van der Waals surface area contributed by atoms with Crippen LogP contribution in [0.15, 0.2) is 58.7 Å². The van der Waals surface area contributed by atoms with Crippen LogP contribution in [0.1, 0.15) is 0 Å². The van der Waals surface area contributed by atoms with Crippen LogP contribution in [0.2, 0.25) is 0 Å². The van der Waals surface area contributed by atoms with Gasteiger partial charge in [-0.1, -0.05) is 12.1 Å². The Hall–Kier alpha value is -3.64. The molecule has 0 amide bonds. The van der Waals surface area contributed by atoms with E-state index in [9.17, 15) is 4.39 Å². The van der Waals surface area contributed by atoms with E-state index < -0.39 is 5.82 Å². The number of nitrogens with one attached hydrogen (secondary N) is 1. The van der Waals surface area contributed by atoms with Crippen LogP contribution in [-0.4, -0.2) is 4.98 Å². The maximum atomic E-state index is 14.1. The number of halogens is 1. The van der Waals surface area contributed by atoms with Gasteiger partial charge in [0.05, 0.1) is 5.56 Å². The van der Waals surface area contributed by atoms with Crippen molar-refractivity contribution in [2.24, 2.45) is 0 Å². The molecule has 0 saturated carbocycles. The van der Waals surface area contributed by atoms with Crippen molar-refractivity contribution in [1.29, 1.82) is 10.5 Å². The molecule has 5 nitrogen and oxygen atoms in total. The number of anilines is 1. The molecule has 0 spiro atoms. The van der Waals surface area contributed by atoms with Gasteiger partial charge in [0.1, 0.15) is 29.0 Å². The number of para-hydroxylation sites is 2. The van der Waals surface area contributed by atoms with Crippen molar-refractivity contribution in [2.45, 2.75) is 0 Å². The topological polar surface area (TPSA) is 85.6 Å². The minimum atomic E-state index is -0.480. The van der Waals surface area contributed by atoms with Gasteiger partial charge in [0.2, 0.25) is 5.89 Å². The zero-order chi connectivity index (χ0) is 16.2. The molecule has 0 aliphatic carbocycles. The third-order valence-corrected chi connectivity index (χ3v) is 3.11. The Morgan fingerprint density at radius 3 is 2.70 bits per heavy atom. The number of nitrogens with zero attached hydrogens (tertiary/aromatic N) is 3. The number of oxazole rings is 1. The first-order valence-corrected chi connectivity index (χ1v) is 6.63. The fourth-order valence-electron chi connectivity index (χ4n) is 2.01. The summed E-state index contributed by atoms with van der Waals surface area (Å²) in [5.74, 6) is -0.316. The van der Waals surface area contributed by atoms with Gasteiger partial charge in [0, 0.05) is 11.9 Å². The lowest BCUT2D eigenvalue weighted by molar-refractivity contribution is 0.594. The van der Waals surface area contributed by atoms with Crippen LogP contribution in [-0.2, 0) is 0 Å². The summed E-state index contributed by atoms with van der Waals surface area (Å²) in [5, 5.41) is 20.2. The molecule has 0 aliphatic heterocycles. The minimum Gasteiger partial charge on any atom is -0.436 e. The number of allylic oxidation sites excluding steroid dienone is 1. The van der Waals surface area contributed by atoms with Crippen molar-refractivity contribution >= 4 is 16.8 Å². The van der Waals surface area contributed by atoms with Gasteiger partial charge in [0.25, 0.3) is 0 Å². The van der Waals surface area contributed by atoms with E-state index in [4.69, 9.17) is 14.9 Å². The summed E-state index contributed by atoms with van der Waals surface area (Å²) >= 11 is 0. The van der Waals surface area contributed by atoms with Crippen LogP contribution in [0.5, 0.6) is 0 Å². The highest BCUT2D eigenvalue weighted by Gasteiger charge is 2.13. The van der Waals surface area contributed by atoms with Gasteiger partial charge in [-0.25, -0.2) is 9.37 Å². The smallest absolute Gasteiger partial charge is 0.230 e. The van der Waals surface area contributed by atoms with E-state index in [-0.39, 0.29) is 17.0 Å². The molecule has 0 aliphatic rings. The summed E-state index contributed by atoms with van der Waals surface area (Å²) in [5.41, 5.74) is 1.81. The number of aromatic nitrogens is 1. The monoisotopic (exact) mass is 304 g/mol. The van der Waals surface area contributed by atoms with Crippen molar-refractivity contribution in [3.8, 4) is 23.6 Å². The average Bonchev–Trinajstić information content (AvgIpc) is 3.01. The first kappa shape index (κ1) is 14.3. The molecule has 6 heteroatoms. The number of rotatable bonds is 3. The van der Waals surface area contributed by atoms with Crippen molar-refractivity contribution in [3.05, 3.63) is 60.1 Å². The zero-order valence-electron chi connectivity index (χ0n) is 11.7. The van der Waals surface area contributed by atoms with Crippen molar-refractivity contribution in [2.75, 3.05) is 5.32 Å². The second-order valence-electron chi connectivity index (χ2n) is 4.61. The quantitative estimate of drug-likeness (QED) is 0.740. The van der Waals surface area contributed by atoms with Crippen LogP contribution < -0.4 is 5.32 Å². The molecular formula is C17H9FN4O. The van der Waals surface area contributed by atoms with E-state index in [2.05, 4.69) is 10.3 Å². The molecule has 2 aromatic carbocycles. The molecule has 3 aromatic rings. The highest BCUT2D eigenvalue weighted by Crippen LogP contribution is 2.28. The van der Waals surface area contributed by atoms with Gasteiger partial charge in [-0.05, 0) is 30.3 Å². The summed E-state index contributed by atoms with van der Waals surface area (Å²) in [7, 11) is 0. The molecule has 0 radical (unpaired) electrons. The van der Waals surface area contributed by atoms with Gasteiger partial charge in [-0.2, -0.15) is 10.5 Å². The van der Waals surface area contributed by atoms with Crippen molar-refractivity contribution < 1.29 is 8.81 Å². The lowest BCUT2D eigenvalue weighted by Crippen LogP contribution is -1.92. The van der Waals surface area contributed by atoms with E-state index >= 15 is 0 Å². The number of nitriles is 2. The van der Waals surface area contributed by atoms with Crippen LogP contribution in [0.25, 0.3) is 22.6 Å². The van der Waals surface area contributed by atoms with Gasteiger partial charge < -0.3 is 9.73 Å². The van der Waals surface area contributed by atoms with Crippen LogP contribution in [0.4, 0.5) is 10.1 Å². The Morgan fingerprint density at radius 1 is 1.17 bits per heavy atom. The van der Waals surface area contributed by atoms with Gasteiger partial charge >= 0.3 is 0 Å². The highest BCUT2D eigenvalue weighted by atomic mass is 19.1. The SMILES string of the molecule is N#CC(C#N)=CNc1ccc(F)c(-c2nc3ccccc3o2)c1. The van der Waals surface area contributed by atoms with E-state index in [1.165, 1.54) is 24.4 Å². The number of hydrogen-bond donors (Lipinski definition) is 1. The van der Waals surface area contributed by atoms with Crippen LogP contribution in [0.3, 0.4) is 0 Å². The van der Waals surface area contributed by atoms with Gasteiger partial charge in [0.15, 0.2) is 5.58 Å². The lowest BCUT2D eigenvalue weighted by atomic mass is 10.2. The first-order chi connectivity index (χ1) is 11.2. The maximum absolute atomic E-state index is 14.1. The summed E-state index contributed by atoms with van der Waals surface area (Å²) in [6.45, 7) is 0. The fraction of sp³-hybridized carbons (Fsp3) is 0. The molecule has 1 aromatic heterocycles. The zero-order valence-corrected chi connectivity index (χ0v) is 11.7. The fourth-order valence-corrected chi connectivity index (χ4v) is 2.01. The third-order valence-electron chi connectivity index (χ3n) is 3.11. The summed E-state index contributed by atoms with van der Waals surface area (Å²) in [6, 6.07) is 14.9. The van der Waals surface area contributed by atoms with E-state index in [0.29, 0.717) is 16.8 Å². The molecule has 1 N–H and O–H groups in total. The number of fused-ring (bicyclic) bond motifs is 1. The Labute approximate surface area is 130 Å². The third kappa shape index (κ3) is 2.87. The predicted molar refractivity (Wildman–Crippen MR) is 82.3 cm³/mol. The molecule has 110 valence electrons. The molecule has 0 fully saturated rings. The second-order valence-corrected chi connectivity index (χ2v) is 4.61. The molecule has 0 unspecified atom stereocenters. The van der Waals surface area contributed by atoms with Gasteiger partial charge in [-0.3, -0.25) is 0 Å². The molecule has 1 heterocycles. The van der Waals surface area contributed by atoms with E-state index in [1.54, 1.807) is 24.3 Å². The Morgan fingerprint density at radius 2 is 1.96 bits per heavy atom. The van der Waals surface area contributed by atoms with Crippen LogP contribution >= 0.6 is 0 Å². The molecular weight excluding hydrogens is 295 g/mol. The molecule has 0 bridgehead atoms. The second kappa shape index (κ2) is 6.00. The van der Waals surface area contributed by atoms with Crippen molar-refractivity contribution in [1.82, 2.24) is 4.98 Å². The maximum Gasteiger partial charge on any atom is 0.230 e. The number of benzene rings is 2. The first-order valence-electron chi connectivity index (χ1n) is 6.63. The van der Waals surface area contributed by atoms with Crippen LogP contribution in [0, 0.1) is 28.5 Å². The Bertz CT molecular complexity index is 943. The van der Waals surface area contributed by atoms with Crippen molar-refractivity contribution in [3.63, 3.8) is 0 Å². The Balaban J connectivity index is 1.99. The molecule has 23 heavy (non-hydrogen) atoms. The summed E-state index contributed by atoms with van der Waals surface area (Å²) in [4.78, 5) is 4.26. The largest absolute Gasteiger partial charge is 0.436 e. The summed E-state index contributed by atoms with van der Waals surface area (Å²) < 4.78 is 19.6. The molecule has 3 rings (SSSR count). The van der Waals surface area contributed by atoms with Gasteiger partial charge in [-0.15, -0.1) is 0 Å². The Kier molecular flexibility index (Phi) is 3.73.